The molecule has 0 N–H and O–H groups in total. The molecule has 1 heterocycles. The molecule has 0 saturated carbocycles. The molecule has 2 aromatic carbocycles. The summed E-state index contributed by atoms with van der Waals surface area (Å²) < 4.78 is 18.4. The first-order valence-electron chi connectivity index (χ1n) is 11.2. The van der Waals surface area contributed by atoms with E-state index in [1.54, 1.807) is 38.1 Å². The van der Waals surface area contributed by atoms with Crippen molar-refractivity contribution < 1.29 is 19.0 Å². The van der Waals surface area contributed by atoms with Crippen molar-refractivity contribution in [3.63, 3.8) is 0 Å². The molecule has 0 aliphatic heterocycles. The normalized spacial score (nSPS) is 13.1. The van der Waals surface area contributed by atoms with Gasteiger partial charge in [0, 0.05) is 27.0 Å². The molecule has 2 atom stereocenters. The van der Waals surface area contributed by atoms with E-state index in [0.717, 1.165) is 10.9 Å². The van der Waals surface area contributed by atoms with E-state index < -0.39 is 12.1 Å². The minimum Gasteiger partial charge on any atom is -0.493 e. The van der Waals surface area contributed by atoms with Gasteiger partial charge in [0.15, 0.2) is 17.6 Å². The molecule has 1 aromatic heterocycles. The van der Waals surface area contributed by atoms with Gasteiger partial charge in [0.1, 0.15) is 5.82 Å². The first kappa shape index (κ1) is 26.7. The second kappa shape index (κ2) is 11.7. The maximum absolute atomic E-state index is 13.4. The van der Waals surface area contributed by atoms with Gasteiger partial charge in [-0.2, -0.15) is 9.78 Å². The monoisotopic (exact) mass is 563 g/mol. The van der Waals surface area contributed by atoms with E-state index >= 15 is 0 Å². The Balaban J connectivity index is 2.16. The molecule has 0 aliphatic rings. The van der Waals surface area contributed by atoms with E-state index in [-0.39, 0.29) is 23.8 Å². The van der Waals surface area contributed by atoms with Crippen LogP contribution in [-0.4, -0.2) is 41.7 Å². The second-order valence-electron chi connectivity index (χ2n) is 7.84. The summed E-state index contributed by atoms with van der Waals surface area (Å²) in [4.78, 5) is 30.3. The fourth-order valence-corrected chi connectivity index (χ4v) is 3.92. The topological polar surface area (TPSA) is 92.0 Å². The summed E-state index contributed by atoms with van der Waals surface area (Å²) in [6, 6.07) is 8.54. The third-order valence-electron chi connectivity index (χ3n) is 5.38. The molecule has 35 heavy (non-hydrogen) atoms. The Kier molecular flexibility index (Phi) is 8.91. The molecule has 8 nitrogen and oxygen atoms in total. The number of halogens is 2. The lowest BCUT2D eigenvalue weighted by Gasteiger charge is -2.18. The van der Waals surface area contributed by atoms with Crippen molar-refractivity contribution in [1.29, 1.82) is 0 Å². The largest absolute Gasteiger partial charge is 0.493 e. The number of benzene rings is 2. The van der Waals surface area contributed by atoms with Gasteiger partial charge in [-0.1, -0.05) is 41.4 Å². The smallest absolute Gasteiger partial charge is 0.347 e. The number of ether oxygens (including phenoxy) is 3. The fraction of sp³-hybridized carbons (Fsp3) is 0.360. The number of nitrogens with zero attached hydrogens (tertiary/aromatic N) is 3. The molecule has 3 aromatic rings. The zero-order valence-corrected chi connectivity index (χ0v) is 22.5. The van der Waals surface area contributed by atoms with Gasteiger partial charge in [0.05, 0.1) is 30.8 Å². The number of rotatable bonds is 9. The molecule has 0 fully saturated rings. The van der Waals surface area contributed by atoms with Crippen molar-refractivity contribution in [3.05, 3.63) is 61.6 Å². The van der Waals surface area contributed by atoms with Crippen LogP contribution in [0.5, 0.6) is 11.5 Å². The van der Waals surface area contributed by atoms with Crippen LogP contribution < -0.4 is 15.0 Å². The molecule has 186 valence electrons. The predicted octanol–water partition coefficient (Wildman–Crippen LogP) is 5.55. The molecule has 10 heteroatoms. The van der Waals surface area contributed by atoms with E-state index in [1.165, 1.54) is 18.0 Å². The molecular weight excluding hydrogens is 538 g/mol. The molecule has 0 saturated heterocycles. The number of hydrogen-bond acceptors (Lipinski definition) is 7. The highest BCUT2D eigenvalue weighted by atomic mass is 79.9. The molecular formula is C25H27BrClN3O5. The van der Waals surface area contributed by atoms with E-state index in [9.17, 15) is 9.59 Å². The van der Waals surface area contributed by atoms with Gasteiger partial charge in [-0.25, -0.2) is 9.78 Å². The first-order valence-corrected chi connectivity index (χ1v) is 12.3. The minimum atomic E-state index is -0.907. The van der Waals surface area contributed by atoms with Gasteiger partial charge in [-0.15, -0.1) is 0 Å². The summed E-state index contributed by atoms with van der Waals surface area (Å²) in [5, 5.41) is 5.28. The van der Waals surface area contributed by atoms with Crippen molar-refractivity contribution in [3.8, 4) is 11.5 Å². The van der Waals surface area contributed by atoms with E-state index in [0.29, 0.717) is 33.1 Å². The van der Waals surface area contributed by atoms with Gasteiger partial charge >= 0.3 is 5.97 Å². The van der Waals surface area contributed by atoms with Crippen molar-refractivity contribution in [2.24, 2.45) is 5.10 Å². The predicted molar refractivity (Wildman–Crippen MR) is 140 cm³/mol. The van der Waals surface area contributed by atoms with E-state index in [2.05, 4.69) is 21.0 Å². The molecule has 0 bridgehead atoms. The van der Waals surface area contributed by atoms with Crippen LogP contribution in [0.4, 0.5) is 0 Å². The van der Waals surface area contributed by atoms with Crippen molar-refractivity contribution in [2.45, 2.75) is 46.1 Å². The zero-order chi connectivity index (χ0) is 25.7. The number of aromatic nitrogens is 2. The summed E-state index contributed by atoms with van der Waals surface area (Å²) in [6.07, 6.45) is 1.30. The maximum atomic E-state index is 13.4. The Labute approximate surface area is 217 Å². The second-order valence-corrected chi connectivity index (χ2v) is 9.19. The summed E-state index contributed by atoms with van der Waals surface area (Å²) in [5.41, 5.74) is 0.706. The van der Waals surface area contributed by atoms with Crippen LogP contribution in [0, 0.1) is 0 Å². The Morgan fingerprint density at radius 3 is 2.66 bits per heavy atom. The van der Waals surface area contributed by atoms with Crippen LogP contribution >= 0.6 is 27.5 Å². The van der Waals surface area contributed by atoms with Gasteiger partial charge in [-0.3, -0.25) is 4.79 Å². The number of esters is 1. The van der Waals surface area contributed by atoms with E-state index in [4.69, 9.17) is 30.8 Å². The van der Waals surface area contributed by atoms with Crippen LogP contribution in [0.2, 0.25) is 5.02 Å². The van der Waals surface area contributed by atoms with E-state index in [1.807, 2.05) is 19.9 Å². The Bertz CT molecular complexity index is 1320. The standard InChI is InChI=1S/C25H27BrClN3O5/c1-6-14(3)23-29-20-9-8-17(26)11-19(20)24(31)30(23)28-13-16-10-18(27)12-21(33-5)22(16)35-15(4)25(32)34-7-2/h8-15H,6-7H2,1-5H3/t14-,15-/m0/s1. The van der Waals surface area contributed by atoms with Crippen molar-refractivity contribution in [1.82, 2.24) is 9.66 Å². The minimum absolute atomic E-state index is 0.0265. The first-order chi connectivity index (χ1) is 16.7. The molecule has 0 aliphatic carbocycles. The molecule has 3 rings (SSSR count). The van der Waals surface area contributed by atoms with Crippen LogP contribution in [0.15, 0.2) is 44.7 Å². The highest BCUT2D eigenvalue weighted by Crippen LogP contribution is 2.35. The summed E-state index contributed by atoms with van der Waals surface area (Å²) in [6.45, 7) is 7.51. The lowest BCUT2D eigenvalue weighted by Crippen LogP contribution is -2.27. The van der Waals surface area contributed by atoms with Gasteiger partial charge < -0.3 is 14.2 Å². The summed E-state index contributed by atoms with van der Waals surface area (Å²) in [7, 11) is 1.46. The van der Waals surface area contributed by atoms with Crippen LogP contribution in [0.1, 0.15) is 51.4 Å². The van der Waals surface area contributed by atoms with Crippen LogP contribution in [0.3, 0.4) is 0 Å². The van der Waals surface area contributed by atoms with Crippen LogP contribution in [0.25, 0.3) is 10.9 Å². The SMILES string of the molecule is CCOC(=O)[C@H](C)Oc1c(C=Nn2c([C@@H](C)CC)nc3ccc(Br)cc3c2=O)cc(Cl)cc1OC. The highest BCUT2D eigenvalue weighted by molar-refractivity contribution is 9.10. The maximum Gasteiger partial charge on any atom is 0.347 e. The molecule has 0 spiro atoms. The molecule has 0 amide bonds. The average molecular weight is 565 g/mol. The molecule has 0 unspecified atom stereocenters. The third kappa shape index (κ3) is 6.02. The Morgan fingerprint density at radius 1 is 1.26 bits per heavy atom. The van der Waals surface area contributed by atoms with Gasteiger partial charge in [0.25, 0.3) is 5.56 Å². The lowest BCUT2D eigenvalue weighted by atomic mass is 10.1. The summed E-state index contributed by atoms with van der Waals surface area (Å²) >= 11 is 9.70. The van der Waals surface area contributed by atoms with Gasteiger partial charge in [0.2, 0.25) is 0 Å². The van der Waals surface area contributed by atoms with Crippen molar-refractivity contribution >= 4 is 50.6 Å². The number of carbonyl (C=O) groups excluding carboxylic acids is 1. The lowest BCUT2D eigenvalue weighted by molar-refractivity contribution is -0.150. The number of methoxy groups -OCH3 is 1. The quantitative estimate of drug-likeness (QED) is 0.250. The van der Waals surface area contributed by atoms with Crippen molar-refractivity contribution in [2.75, 3.05) is 13.7 Å². The van der Waals surface area contributed by atoms with Gasteiger partial charge in [-0.05, 0) is 44.5 Å². The number of carbonyl (C=O) groups is 1. The average Bonchev–Trinajstić information content (AvgIpc) is 2.84. The molecule has 0 radical (unpaired) electrons. The number of hydrogen-bond donors (Lipinski definition) is 0. The summed E-state index contributed by atoms with van der Waals surface area (Å²) in [5.74, 6) is 0.536. The Hall–Kier alpha value is -2.91. The Morgan fingerprint density at radius 2 is 2.00 bits per heavy atom. The fourth-order valence-electron chi connectivity index (χ4n) is 3.35. The number of fused-ring (bicyclic) bond motifs is 1. The van der Waals surface area contributed by atoms with Crippen LogP contribution in [-0.2, 0) is 9.53 Å². The highest BCUT2D eigenvalue weighted by Gasteiger charge is 2.21. The zero-order valence-electron chi connectivity index (χ0n) is 20.2. The third-order valence-corrected chi connectivity index (χ3v) is 6.09.